The van der Waals surface area contributed by atoms with E-state index in [0.717, 1.165) is 0 Å². The zero-order valence-electron chi connectivity index (χ0n) is 10.3. The monoisotopic (exact) mass is 341 g/mol. The van der Waals surface area contributed by atoms with Crippen LogP contribution < -0.4 is 5.32 Å². The molecule has 112 valence electrons. The lowest BCUT2D eigenvalue weighted by Gasteiger charge is -2.09. The Balaban J connectivity index is 2.52. The molecule has 0 spiro atoms. The molecular weight excluding hydrogens is 329 g/mol. The molecule has 1 aromatic rings. The number of sulfone groups is 1. The number of carboxylic acids is 1. The van der Waals surface area contributed by atoms with Crippen molar-refractivity contribution in [1.82, 2.24) is 5.32 Å². The smallest absolute Gasteiger partial charge is 0.329 e. The first-order valence-corrected chi connectivity index (χ1v) is 7.92. The number of rotatable bonds is 8. The third kappa shape index (κ3) is 5.26. The molecule has 0 aromatic heterocycles. The summed E-state index contributed by atoms with van der Waals surface area (Å²) in [5.41, 5.74) is 0. The molecule has 1 aromatic carbocycles. The van der Waals surface area contributed by atoms with Crippen LogP contribution in [0.3, 0.4) is 0 Å². The number of ether oxygens (including phenoxy) is 1. The predicted octanol–water partition coefficient (Wildman–Crippen LogP) is 1.42. The third-order valence-corrected chi connectivity index (χ3v) is 4.67. The molecule has 0 heterocycles. The van der Waals surface area contributed by atoms with Crippen molar-refractivity contribution in [3.05, 3.63) is 28.2 Å². The topological polar surface area (TPSA) is 92.7 Å². The van der Waals surface area contributed by atoms with E-state index in [1.807, 2.05) is 0 Å². The van der Waals surface area contributed by atoms with Crippen LogP contribution in [0.15, 0.2) is 23.1 Å². The normalized spacial score (nSPS) is 11.5. The molecule has 0 aliphatic carbocycles. The van der Waals surface area contributed by atoms with Gasteiger partial charge in [-0.05, 0) is 12.1 Å². The number of halogens is 2. The number of carboxylic acid groups (broad SMARTS) is 1. The lowest BCUT2D eigenvalue weighted by atomic mass is 10.4. The van der Waals surface area contributed by atoms with Crippen LogP contribution in [0.4, 0.5) is 0 Å². The molecule has 20 heavy (non-hydrogen) atoms. The maximum Gasteiger partial charge on any atom is 0.329 e. The van der Waals surface area contributed by atoms with E-state index < -0.39 is 22.4 Å². The molecule has 0 fully saturated rings. The van der Waals surface area contributed by atoms with Gasteiger partial charge >= 0.3 is 5.97 Å². The van der Waals surface area contributed by atoms with Crippen molar-refractivity contribution in [3.8, 4) is 0 Å². The average molecular weight is 342 g/mol. The van der Waals surface area contributed by atoms with Gasteiger partial charge in [0.05, 0.1) is 16.7 Å². The Hall–Kier alpha value is -0.860. The molecular formula is C11H13Cl2NO5S. The Morgan fingerprint density at radius 3 is 2.45 bits per heavy atom. The second-order valence-electron chi connectivity index (χ2n) is 3.76. The molecule has 0 aliphatic heterocycles. The summed E-state index contributed by atoms with van der Waals surface area (Å²) in [5.74, 6) is -1.45. The number of nitrogens with one attached hydrogen (secondary N) is 1. The van der Waals surface area contributed by atoms with E-state index in [9.17, 15) is 13.2 Å². The van der Waals surface area contributed by atoms with Gasteiger partial charge in [-0.1, -0.05) is 29.3 Å². The Morgan fingerprint density at radius 2 is 1.90 bits per heavy atom. The molecule has 0 atom stereocenters. The molecule has 0 radical (unpaired) electrons. The minimum Gasteiger partial charge on any atom is -0.480 e. The summed E-state index contributed by atoms with van der Waals surface area (Å²) >= 11 is 11.7. The highest BCUT2D eigenvalue weighted by atomic mass is 35.5. The summed E-state index contributed by atoms with van der Waals surface area (Å²) < 4.78 is 28.9. The van der Waals surface area contributed by atoms with Gasteiger partial charge in [-0.3, -0.25) is 0 Å². The lowest BCUT2D eigenvalue weighted by Crippen LogP contribution is -2.27. The van der Waals surface area contributed by atoms with Gasteiger partial charge in [0, 0.05) is 6.54 Å². The van der Waals surface area contributed by atoms with Crippen LogP contribution in [0.5, 0.6) is 0 Å². The maximum atomic E-state index is 12.0. The summed E-state index contributed by atoms with van der Waals surface area (Å²) in [6, 6.07) is 4.43. The summed E-state index contributed by atoms with van der Waals surface area (Å²) in [6.45, 7) is -0.155. The van der Waals surface area contributed by atoms with Gasteiger partial charge in [-0.2, -0.15) is 0 Å². The maximum absolute atomic E-state index is 12.0. The Bertz CT molecular complexity index is 556. The van der Waals surface area contributed by atoms with Gasteiger partial charge in [0.1, 0.15) is 17.4 Å². The van der Waals surface area contributed by atoms with Gasteiger partial charge in [-0.25, -0.2) is 13.2 Å². The zero-order valence-corrected chi connectivity index (χ0v) is 12.6. The van der Waals surface area contributed by atoms with Gasteiger partial charge in [-0.15, -0.1) is 0 Å². The van der Waals surface area contributed by atoms with E-state index in [1.165, 1.54) is 12.1 Å². The quantitative estimate of drug-likeness (QED) is 0.694. The number of benzene rings is 1. The van der Waals surface area contributed by atoms with Crippen LogP contribution in [-0.2, 0) is 19.4 Å². The minimum absolute atomic E-state index is 0.0569. The molecule has 0 unspecified atom stereocenters. The molecule has 1 rings (SSSR count). The first-order chi connectivity index (χ1) is 9.34. The van der Waals surface area contributed by atoms with Crippen LogP contribution in [0.1, 0.15) is 0 Å². The highest BCUT2D eigenvalue weighted by Gasteiger charge is 2.20. The van der Waals surface area contributed by atoms with Crippen LogP contribution in [-0.4, -0.2) is 45.1 Å². The zero-order chi connectivity index (χ0) is 15.2. The van der Waals surface area contributed by atoms with Crippen LogP contribution >= 0.6 is 23.2 Å². The van der Waals surface area contributed by atoms with Gasteiger partial charge in [0.25, 0.3) is 0 Å². The number of aliphatic carboxylic acids is 1. The van der Waals surface area contributed by atoms with E-state index in [-0.39, 0.29) is 34.0 Å². The standard InChI is InChI=1S/C11H13Cl2NO5S/c12-8-2-1-3-9(13)11(8)20(17,18)7-14-4-5-19-6-10(15)16/h1-3,14H,4-7H2,(H,15,16). The highest BCUT2D eigenvalue weighted by Crippen LogP contribution is 2.29. The van der Waals surface area contributed by atoms with Gasteiger partial charge in [0.2, 0.25) is 0 Å². The highest BCUT2D eigenvalue weighted by molar-refractivity contribution is 7.91. The van der Waals surface area contributed by atoms with Crippen molar-refractivity contribution in [2.24, 2.45) is 0 Å². The number of carbonyl (C=O) groups is 1. The Morgan fingerprint density at radius 1 is 1.30 bits per heavy atom. The van der Waals surface area contributed by atoms with Crippen molar-refractivity contribution in [1.29, 1.82) is 0 Å². The van der Waals surface area contributed by atoms with Crippen molar-refractivity contribution in [2.45, 2.75) is 4.90 Å². The number of hydrogen-bond acceptors (Lipinski definition) is 5. The van der Waals surface area contributed by atoms with E-state index in [1.54, 1.807) is 6.07 Å². The van der Waals surface area contributed by atoms with E-state index >= 15 is 0 Å². The summed E-state index contributed by atoms with van der Waals surface area (Å²) in [6.07, 6.45) is 0. The van der Waals surface area contributed by atoms with Crippen LogP contribution in [0.2, 0.25) is 10.0 Å². The SMILES string of the molecule is O=C(O)COCCNCS(=O)(=O)c1c(Cl)cccc1Cl. The van der Waals surface area contributed by atoms with Crippen LogP contribution in [0.25, 0.3) is 0 Å². The van der Waals surface area contributed by atoms with E-state index in [0.29, 0.717) is 0 Å². The predicted molar refractivity (Wildman–Crippen MR) is 75.0 cm³/mol. The van der Waals surface area contributed by atoms with Crippen molar-refractivity contribution in [2.75, 3.05) is 25.6 Å². The Labute approximate surface area is 126 Å². The molecule has 0 saturated heterocycles. The summed E-state index contributed by atoms with van der Waals surface area (Å²) in [5, 5.41) is 11.1. The van der Waals surface area contributed by atoms with Crippen molar-refractivity contribution in [3.63, 3.8) is 0 Å². The lowest BCUT2D eigenvalue weighted by molar-refractivity contribution is -0.142. The van der Waals surface area contributed by atoms with E-state index in [2.05, 4.69) is 5.32 Å². The second kappa shape index (κ2) is 7.80. The molecule has 2 N–H and O–H groups in total. The van der Waals surface area contributed by atoms with Crippen LogP contribution in [0, 0.1) is 0 Å². The number of hydrogen-bond donors (Lipinski definition) is 2. The fourth-order valence-electron chi connectivity index (χ4n) is 1.36. The van der Waals surface area contributed by atoms with E-state index in [4.69, 9.17) is 33.0 Å². The fraction of sp³-hybridized carbons (Fsp3) is 0.364. The van der Waals surface area contributed by atoms with Gasteiger partial charge in [0.15, 0.2) is 9.84 Å². The molecule has 9 heteroatoms. The molecule has 0 amide bonds. The molecule has 0 aliphatic rings. The molecule has 0 saturated carbocycles. The Kier molecular flexibility index (Phi) is 6.70. The summed E-state index contributed by atoms with van der Waals surface area (Å²) in [4.78, 5) is 10.1. The van der Waals surface area contributed by atoms with Crippen molar-refractivity contribution < 1.29 is 23.1 Å². The molecule has 0 bridgehead atoms. The summed E-state index contributed by atoms with van der Waals surface area (Å²) in [7, 11) is -3.67. The minimum atomic E-state index is -3.67. The average Bonchev–Trinajstić information content (AvgIpc) is 2.32. The largest absolute Gasteiger partial charge is 0.480 e. The third-order valence-electron chi connectivity index (χ3n) is 2.17. The second-order valence-corrected chi connectivity index (χ2v) is 6.50. The first-order valence-electron chi connectivity index (χ1n) is 5.51. The van der Waals surface area contributed by atoms with Gasteiger partial charge < -0.3 is 15.2 Å². The first kappa shape index (κ1) is 17.2. The molecule has 6 nitrogen and oxygen atoms in total. The fourth-order valence-corrected chi connectivity index (χ4v) is 3.75. The van der Waals surface area contributed by atoms with Crippen molar-refractivity contribution >= 4 is 39.0 Å².